The van der Waals surface area contributed by atoms with Gasteiger partial charge in [0.1, 0.15) is 0 Å². The van der Waals surface area contributed by atoms with Gasteiger partial charge in [0.05, 0.1) is 6.10 Å². The van der Waals surface area contributed by atoms with Crippen LogP contribution in [-0.2, 0) is 16.0 Å². The Morgan fingerprint density at radius 1 is 1.09 bits per heavy atom. The largest absolute Gasteiger partial charge is 0.373 e. The van der Waals surface area contributed by atoms with Gasteiger partial charge in [-0.1, -0.05) is 42.0 Å². The molecule has 0 spiro atoms. The van der Waals surface area contributed by atoms with Crippen molar-refractivity contribution >= 4 is 17.6 Å². The van der Waals surface area contributed by atoms with E-state index in [4.69, 9.17) is 9.73 Å². The minimum atomic E-state index is -0.0566. The number of rotatable bonds is 8. The van der Waals surface area contributed by atoms with Crippen LogP contribution in [0.4, 0.5) is 5.69 Å². The summed E-state index contributed by atoms with van der Waals surface area (Å²) in [6.07, 6.45) is 3.20. The Balaban J connectivity index is 1.55. The fourth-order valence-corrected chi connectivity index (χ4v) is 3.99. The van der Waals surface area contributed by atoms with Crippen LogP contribution in [0.2, 0.25) is 0 Å². The number of carbonyl (C=O) groups is 1. The molecule has 1 amide bonds. The highest BCUT2D eigenvalue weighted by Crippen LogP contribution is 2.33. The highest BCUT2D eigenvalue weighted by atomic mass is 16.5. The number of benzene rings is 2. The fraction of sp³-hybridized carbons (Fsp3) is 0.462. The van der Waals surface area contributed by atoms with E-state index in [2.05, 4.69) is 54.1 Å². The molecule has 1 heterocycles. The first-order valence-electron chi connectivity index (χ1n) is 11.6. The highest BCUT2D eigenvalue weighted by Gasteiger charge is 2.27. The molecule has 0 radical (unpaired) electrons. The lowest BCUT2D eigenvalue weighted by Gasteiger charge is -2.31. The lowest BCUT2D eigenvalue weighted by molar-refractivity contribution is -0.114. The average molecular weight is 437 g/mol. The molecule has 172 valence electrons. The van der Waals surface area contributed by atoms with Gasteiger partial charge >= 0.3 is 0 Å². The molecule has 6 heteroatoms. The zero-order valence-electron chi connectivity index (χ0n) is 19.5. The molecule has 0 saturated carbocycles. The molecule has 0 bridgehead atoms. The van der Waals surface area contributed by atoms with E-state index in [0.717, 1.165) is 57.2 Å². The molecular weight excluding hydrogens is 400 g/mol. The molecule has 32 heavy (non-hydrogen) atoms. The molecule has 1 fully saturated rings. The maximum atomic E-state index is 11.1. The first-order chi connectivity index (χ1) is 15.5. The van der Waals surface area contributed by atoms with Gasteiger partial charge in [-0.15, -0.1) is 0 Å². The molecule has 3 rings (SSSR count). The molecule has 0 aromatic heterocycles. The van der Waals surface area contributed by atoms with Gasteiger partial charge in [-0.2, -0.15) is 0 Å². The van der Waals surface area contributed by atoms with Crippen LogP contribution in [0.5, 0.6) is 0 Å². The van der Waals surface area contributed by atoms with Crippen LogP contribution in [0, 0.1) is 12.8 Å². The van der Waals surface area contributed by atoms with Crippen LogP contribution in [0.15, 0.2) is 53.5 Å². The van der Waals surface area contributed by atoms with E-state index in [0.29, 0.717) is 5.92 Å². The summed E-state index contributed by atoms with van der Waals surface area (Å²) < 4.78 is 6.15. The lowest BCUT2D eigenvalue weighted by Crippen LogP contribution is -2.39. The number of anilines is 1. The van der Waals surface area contributed by atoms with Gasteiger partial charge in [-0.25, -0.2) is 0 Å². The van der Waals surface area contributed by atoms with E-state index in [9.17, 15) is 4.79 Å². The summed E-state index contributed by atoms with van der Waals surface area (Å²) in [4.78, 5) is 16.0. The van der Waals surface area contributed by atoms with Gasteiger partial charge in [0, 0.05) is 44.8 Å². The van der Waals surface area contributed by atoms with E-state index in [1.807, 2.05) is 24.3 Å². The summed E-state index contributed by atoms with van der Waals surface area (Å²) in [7, 11) is 0. The molecule has 1 aliphatic rings. The Hall–Kier alpha value is -2.86. The van der Waals surface area contributed by atoms with Crippen LogP contribution in [0.3, 0.4) is 0 Å². The first kappa shape index (κ1) is 23.8. The maximum Gasteiger partial charge on any atom is 0.221 e. The van der Waals surface area contributed by atoms with Crippen molar-refractivity contribution in [3.05, 3.63) is 65.2 Å². The van der Waals surface area contributed by atoms with Crippen molar-refractivity contribution in [2.45, 2.75) is 46.1 Å². The lowest BCUT2D eigenvalue weighted by atomic mass is 9.89. The number of amides is 1. The van der Waals surface area contributed by atoms with E-state index >= 15 is 0 Å². The van der Waals surface area contributed by atoms with Crippen LogP contribution < -0.4 is 16.0 Å². The monoisotopic (exact) mass is 436 g/mol. The summed E-state index contributed by atoms with van der Waals surface area (Å²) in [5, 5.41) is 9.59. The van der Waals surface area contributed by atoms with Crippen molar-refractivity contribution in [2.24, 2.45) is 10.9 Å². The van der Waals surface area contributed by atoms with E-state index in [1.54, 1.807) is 0 Å². The minimum absolute atomic E-state index is 0.0566. The quantitative estimate of drug-likeness (QED) is 0.428. The topological polar surface area (TPSA) is 74.8 Å². The van der Waals surface area contributed by atoms with Gasteiger partial charge < -0.3 is 20.7 Å². The second-order valence-electron chi connectivity index (χ2n) is 8.38. The number of aliphatic imine (C=N–C) groups is 1. The van der Waals surface area contributed by atoms with Crippen molar-refractivity contribution in [3.63, 3.8) is 0 Å². The van der Waals surface area contributed by atoms with E-state index in [-0.39, 0.29) is 12.0 Å². The van der Waals surface area contributed by atoms with E-state index in [1.165, 1.54) is 23.6 Å². The van der Waals surface area contributed by atoms with Gasteiger partial charge in [0.25, 0.3) is 0 Å². The van der Waals surface area contributed by atoms with E-state index < -0.39 is 0 Å². The van der Waals surface area contributed by atoms with Crippen molar-refractivity contribution in [1.82, 2.24) is 10.6 Å². The van der Waals surface area contributed by atoms with Crippen LogP contribution in [0.25, 0.3) is 0 Å². The zero-order valence-corrected chi connectivity index (χ0v) is 19.5. The fourth-order valence-electron chi connectivity index (χ4n) is 3.99. The Labute approximate surface area is 191 Å². The Kier molecular flexibility index (Phi) is 9.11. The van der Waals surface area contributed by atoms with Crippen LogP contribution >= 0.6 is 0 Å². The summed E-state index contributed by atoms with van der Waals surface area (Å²) in [5.41, 5.74) is 4.54. The third-order valence-corrected chi connectivity index (χ3v) is 5.66. The summed E-state index contributed by atoms with van der Waals surface area (Å²) in [6.45, 7) is 8.86. The molecular formula is C26H36N4O2. The molecule has 6 nitrogen and oxygen atoms in total. The number of nitrogens with zero attached hydrogens (tertiary/aromatic N) is 1. The highest BCUT2D eigenvalue weighted by molar-refractivity contribution is 5.88. The molecule has 3 N–H and O–H groups in total. The van der Waals surface area contributed by atoms with Crippen LogP contribution in [-0.4, -0.2) is 38.1 Å². The number of guanidine groups is 1. The van der Waals surface area contributed by atoms with Crippen molar-refractivity contribution in [1.29, 1.82) is 0 Å². The molecule has 2 aromatic rings. The van der Waals surface area contributed by atoms with Gasteiger partial charge in [0.2, 0.25) is 5.91 Å². The number of hydrogen-bond acceptors (Lipinski definition) is 3. The second-order valence-corrected chi connectivity index (χ2v) is 8.38. The molecule has 0 aliphatic carbocycles. The predicted octanol–water partition coefficient (Wildman–Crippen LogP) is 4.22. The average Bonchev–Trinajstić information content (AvgIpc) is 2.79. The van der Waals surface area contributed by atoms with Crippen molar-refractivity contribution < 1.29 is 9.53 Å². The molecule has 1 saturated heterocycles. The summed E-state index contributed by atoms with van der Waals surface area (Å²) >= 11 is 0. The first-order valence-corrected chi connectivity index (χ1v) is 11.6. The van der Waals surface area contributed by atoms with Crippen molar-refractivity contribution in [2.75, 3.05) is 31.6 Å². The Morgan fingerprint density at radius 2 is 1.84 bits per heavy atom. The summed E-state index contributed by atoms with van der Waals surface area (Å²) in [5.74, 6) is 1.16. The van der Waals surface area contributed by atoms with Gasteiger partial charge in [0.15, 0.2) is 5.96 Å². The van der Waals surface area contributed by atoms with Gasteiger partial charge in [-0.3, -0.25) is 9.79 Å². The Morgan fingerprint density at radius 3 is 2.53 bits per heavy atom. The standard InChI is InChI=1S/C26H36N4O2/c1-4-27-26(28-16-15-21-9-13-24(14-10-21)30-20(3)31)29-18-23-6-5-17-32-25(23)22-11-7-19(2)8-12-22/h7-14,23,25H,4-6,15-18H2,1-3H3,(H,30,31)(H2,27,28,29). The third-order valence-electron chi connectivity index (χ3n) is 5.66. The number of carbonyl (C=O) groups excluding carboxylic acids is 1. The normalized spacial score (nSPS) is 18.8. The molecule has 2 unspecified atom stereocenters. The predicted molar refractivity (Wildman–Crippen MR) is 131 cm³/mol. The number of aryl methyl sites for hydroxylation is 1. The third kappa shape index (κ3) is 7.38. The number of ether oxygens (including phenoxy) is 1. The maximum absolute atomic E-state index is 11.1. The smallest absolute Gasteiger partial charge is 0.221 e. The zero-order chi connectivity index (χ0) is 22.8. The number of nitrogens with one attached hydrogen (secondary N) is 3. The van der Waals surface area contributed by atoms with Gasteiger partial charge in [-0.05, 0) is 56.4 Å². The number of hydrogen-bond donors (Lipinski definition) is 3. The Bertz CT molecular complexity index is 878. The minimum Gasteiger partial charge on any atom is -0.373 e. The molecule has 2 atom stereocenters. The summed E-state index contributed by atoms with van der Waals surface area (Å²) in [6, 6.07) is 16.6. The molecule has 2 aromatic carbocycles. The second kappa shape index (κ2) is 12.2. The molecule has 1 aliphatic heterocycles. The van der Waals surface area contributed by atoms with Crippen molar-refractivity contribution in [3.8, 4) is 0 Å². The SMILES string of the molecule is CCNC(=NCC1CCCOC1c1ccc(C)cc1)NCCc1ccc(NC(C)=O)cc1. The van der Waals surface area contributed by atoms with Crippen LogP contribution in [0.1, 0.15) is 49.5 Å².